The van der Waals surface area contributed by atoms with Crippen molar-refractivity contribution in [1.82, 2.24) is 10.2 Å². The van der Waals surface area contributed by atoms with Crippen LogP contribution in [0, 0.1) is 5.92 Å². The van der Waals surface area contributed by atoms with Gasteiger partial charge in [0.15, 0.2) is 6.61 Å². The monoisotopic (exact) mass is 552 g/mol. The van der Waals surface area contributed by atoms with Crippen molar-refractivity contribution in [3.63, 3.8) is 0 Å². The maximum atomic E-state index is 13.1. The second-order valence-electron chi connectivity index (χ2n) is 7.87. The first-order valence-corrected chi connectivity index (χ1v) is 12.0. The lowest BCUT2D eigenvalue weighted by Gasteiger charge is -2.29. The summed E-state index contributed by atoms with van der Waals surface area (Å²) in [5, 5.41) is 2.92. The molecule has 2 aromatic rings. The third-order valence-corrected chi connectivity index (χ3v) is 5.96. The lowest BCUT2D eigenvalue weighted by molar-refractivity contribution is -0.142. The molecule has 2 rings (SSSR count). The van der Waals surface area contributed by atoms with Crippen molar-refractivity contribution in [2.24, 2.45) is 5.92 Å². The Morgan fingerprint density at radius 3 is 2.42 bits per heavy atom. The molecule has 0 aliphatic carbocycles. The number of amides is 2. The van der Waals surface area contributed by atoms with Crippen LogP contribution in [0.3, 0.4) is 0 Å². The van der Waals surface area contributed by atoms with E-state index < -0.39 is 6.04 Å². The number of hydrogen-bond acceptors (Lipinski definition) is 3. The molecule has 0 fully saturated rings. The van der Waals surface area contributed by atoms with Gasteiger partial charge < -0.3 is 15.0 Å². The van der Waals surface area contributed by atoms with E-state index in [9.17, 15) is 9.59 Å². The highest BCUT2D eigenvalue weighted by molar-refractivity contribution is 9.10. The molecule has 0 aromatic heterocycles. The predicted octanol–water partition coefficient (Wildman–Crippen LogP) is 5.34. The molecule has 0 radical (unpaired) electrons. The molecular weight excluding hydrogens is 524 g/mol. The van der Waals surface area contributed by atoms with Gasteiger partial charge in [-0.15, -0.1) is 0 Å². The minimum atomic E-state index is -0.625. The standard InChI is InChI=1S/C24H30Br2N2O3/c1-5-18-9-10-22(21(26)12-18)31-15-23(29)28(14-19-7-6-8-20(25)11-19)17(4)24(30)27-13-16(2)3/h6-12,16-17H,5,13-15H2,1-4H3,(H,27,30)/t17-/m0/s1. The van der Waals surface area contributed by atoms with Crippen molar-refractivity contribution in [2.75, 3.05) is 13.2 Å². The van der Waals surface area contributed by atoms with Crippen LogP contribution in [0.25, 0.3) is 0 Å². The summed E-state index contributed by atoms with van der Waals surface area (Å²) in [7, 11) is 0. The normalized spacial score (nSPS) is 11.8. The molecule has 0 spiro atoms. The van der Waals surface area contributed by atoms with Crippen molar-refractivity contribution in [1.29, 1.82) is 0 Å². The molecule has 7 heteroatoms. The molecular formula is C24H30Br2N2O3. The van der Waals surface area contributed by atoms with Crippen LogP contribution in [-0.4, -0.2) is 35.9 Å². The fourth-order valence-electron chi connectivity index (χ4n) is 2.97. The van der Waals surface area contributed by atoms with Gasteiger partial charge in [-0.25, -0.2) is 0 Å². The molecule has 0 saturated heterocycles. The summed E-state index contributed by atoms with van der Waals surface area (Å²) in [6.45, 7) is 8.62. The highest BCUT2D eigenvalue weighted by Gasteiger charge is 2.26. The summed E-state index contributed by atoms with van der Waals surface area (Å²) < 4.78 is 7.52. The summed E-state index contributed by atoms with van der Waals surface area (Å²) >= 11 is 6.97. The summed E-state index contributed by atoms with van der Waals surface area (Å²) in [6.07, 6.45) is 0.918. The minimum absolute atomic E-state index is 0.153. The van der Waals surface area contributed by atoms with E-state index in [2.05, 4.69) is 44.1 Å². The smallest absolute Gasteiger partial charge is 0.261 e. The summed E-state index contributed by atoms with van der Waals surface area (Å²) in [5.41, 5.74) is 2.11. The largest absolute Gasteiger partial charge is 0.483 e. The molecule has 0 saturated carbocycles. The van der Waals surface area contributed by atoms with Gasteiger partial charge in [0.1, 0.15) is 11.8 Å². The molecule has 0 unspecified atom stereocenters. The van der Waals surface area contributed by atoms with Crippen molar-refractivity contribution >= 4 is 43.7 Å². The fraction of sp³-hybridized carbons (Fsp3) is 0.417. The summed E-state index contributed by atoms with van der Waals surface area (Å²) in [6, 6.07) is 12.9. The van der Waals surface area contributed by atoms with E-state index in [0.717, 1.165) is 20.9 Å². The van der Waals surface area contributed by atoms with Gasteiger partial charge in [0.25, 0.3) is 5.91 Å². The van der Waals surface area contributed by atoms with Crippen LogP contribution in [0.2, 0.25) is 0 Å². The first-order chi connectivity index (χ1) is 14.7. The Morgan fingerprint density at radius 2 is 1.81 bits per heavy atom. The molecule has 1 N–H and O–H groups in total. The minimum Gasteiger partial charge on any atom is -0.483 e. The Labute approximate surface area is 201 Å². The van der Waals surface area contributed by atoms with Crippen molar-refractivity contribution in [3.8, 4) is 5.75 Å². The Hall–Kier alpha value is -1.86. The number of nitrogens with zero attached hydrogens (tertiary/aromatic N) is 1. The molecule has 1 atom stereocenters. The zero-order valence-electron chi connectivity index (χ0n) is 18.5. The van der Waals surface area contributed by atoms with Crippen LogP contribution in [-0.2, 0) is 22.6 Å². The van der Waals surface area contributed by atoms with Crippen LogP contribution in [0.4, 0.5) is 0 Å². The van der Waals surface area contributed by atoms with Gasteiger partial charge in [0, 0.05) is 17.6 Å². The van der Waals surface area contributed by atoms with Gasteiger partial charge >= 0.3 is 0 Å². The van der Waals surface area contributed by atoms with E-state index in [4.69, 9.17) is 4.74 Å². The average Bonchev–Trinajstić information content (AvgIpc) is 2.74. The third-order valence-electron chi connectivity index (χ3n) is 4.85. The molecule has 0 heterocycles. The number of halogens is 2. The van der Waals surface area contributed by atoms with Gasteiger partial charge in [-0.05, 0) is 70.6 Å². The maximum Gasteiger partial charge on any atom is 0.261 e. The van der Waals surface area contributed by atoms with Crippen molar-refractivity contribution in [3.05, 3.63) is 62.5 Å². The fourth-order valence-corrected chi connectivity index (χ4v) is 3.96. The number of ether oxygens (including phenoxy) is 1. The number of carbonyl (C=O) groups is 2. The van der Waals surface area contributed by atoms with E-state index in [1.54, 1.807) is 11.8 Å². The van der Waals surface area contributed by atoms with Crippen LogP contribution in [0.15, 0.2) is 51.4 Å². The first kappa shape index (κ1) is 25.4. The first-order valence-electron chi connectivity index (χ1n) is 10.4. The van der Waals surface area contributed by atoms with Crippen LogP contribution in [0.1, 0.15) is 38.8 Å². The van der Waals surface area contributed by atoms with Gasteiger partial charge in [-0.2, -0.15) is 0 Å². The Balaban J connectivity index is 2.15. The maximum absolute atomic E-state index is 13.1. The van der Waals surface area contributed by atoms with Gasteiger partial charge in [0.05, 0.1) is 4.47 Å². The van der Waals surface area contributed by atoms with Crippen molar-refractivity contribution < 1.29 is 14.3 Å². The topological polar surface area (TPSA) is 58.6 Å². The molecule has 2 amide bonds. The molecule has 0 aliphatic rings. The molecule has 0 aliphatic heterocycles. The van der Waals surface area contributed by atoms with E-state index in [1.165, 1.54) is 5.56 Å². The van der Waals surface area contributed by atoms with Crippen LogP contribution >= 0.6 is 31.9 Å². The Morgan fingerprint density at radius 1 is 1.06 bits per heavy atom. The zero-order valence-corrected chi connectivity index (χ0v) is 21.6. The number of carbonyl (C=O) groups excluding carboxylic acids is 2. The Kier molecular flexibility index (Phi) is 10.0. The van der Waals surface area contributed by atoms with E-state index in [1.807, 2.05) is 56.3 Å². The number of hydrogen-bond donors (Lipinski definition) is 1. The molecule has 31 heavy (non-hydrogen) atoms. The van der Waals surface area contributed by atoms with E-state index >= 15 is 0 Å². The predicted molar refractivity (Wildman–Crippen MR) is 131 cm³/mol. The second-order valence-corrected chi connectivity index (χ2v) is 9.64. The number of aryl methyl sites for hydroxylation is 1. The third kappa shape index (κ3) is 7.96. The van der Waals surface area contributed by atoms with E-state index in [0.29, 0.717) is 24.8 Å². The quantitative estimate of drug-likeness (QED) is 0.432. The number of benzene rings is 2. The van der Waals surface area contributed by atoms with Crippen LogP contribution in [0.5, 0.6) is 5.75 Å². The molecule has 2 aromatic carbocycles. The van der Waals surface area contributed by atoms with Gasteiger partial charge in [-0.3, -0.25) is 9.59 Å². The van der Waals surface area contributed by atoms with Gasteiger partial charge in [0.2, 0.25) is 5.91 Å². The SMILES string of the molecule is CCc1ccc(OCC(=O)N(Cc2cccc(Br)c2)[C@@H](C)C(=O)NCC(C)C)c(Br)c1. The summed E-state index contributed by atoms with van der Waals surface area (Å²) in [4.78, 5) is 27.4. The number of nitrogens with one attached hydrogen (secondary N) is 1. The van der Waals surface area contributed by atoms with Crippen molar-refractivity contribution in [2.45, 2.75) is 46.7 Å². The molecule has 168 valence electrons. The molecule has 0 bridgehead atoms. The highest BCUT2D eigenvalue weighted by Crippen LogP contribution is 2.26. The second kappa shape index (κ2) is 12.2. The van der Waals surface area contributed by atoms with Gasteiger partial charge in [-0.1, -0.05) is 54.9 Å². The Bertz CT molecular complexity index is 902. The van der Waals surface area contributed by atoms with E-state index in [-0.39, 0.29) is 18.4 Å². The summed E-state index contributed by atoms with van der Waals surface area (Å²) in [5.74, 6) is 0.506. The lowest BCUT2D eigenvalue weighted by atomic mass is 10.1. The average molecular weight is 554 g/mol. The number of rotatable bonds is 10. The van der Waals surface area contributed by atoms with Crippen LogP contribution < -0.4 is 10.1 Å². The zero-order chi connectivity index (χ0) is 23.0. The lowest BCUT2D eigenvalue weighted by Crippen LogP contribution is -2.49. The molecule has 5 nitrogen and oxygen atoms in total. The highest BCUT2D eigenvalue weighted by atomic mass is 79.9.